The van der Waals surface area contributed by atoms with Gasteiger partial charge in [-0.25, -0.2) is 4.98 Å². The first-order valence-electron chi connectivity index (χ1n) is 6.59. The van der Waals surface area contributed by atoms with E-state index in [1.165, 1.54) is 5.01 Å². The zero-order valence-electron chi connectivity index (χ0n) is 12.3. The standard InChI is InChI=1S/C14H22N4S/c1-10(2)18-8-11(7-16-18)15-6-12-9-19-13(17-12)14(3,4)5/h7-10,15H,6H2,1-5H3. The number of nitrogens with one attached hydrogen (secondary N) is 1. The second-order valence-corrected chi connectivity index (χ2v) is 6.91. The van der Waals surface area contributed by atoms with Crippen LogP contribution in [0, 0.1) is 0 Å². The number of nitrogens with zero attached hydrogens (tertiary/aromatic N) is 3. The van der Waals surface area contributed by atoms with E-state index in [0.29, 0.717) is 6.04 Å². The molecule has 0 aliphatic heterocycles. The molecule has 0 saturated heterocycles. The second kappa shape index (κ2) is 5.33. The fraction of sp³-hybridized carbons (Fsp3) is 0.571. The summed E-state index contributed by atoms with van der Waals surface area (Å²) in [5.41, 5.74) is 2.26. The minimum Gasteiger partial charge on any atom is -0.377 e. The van der Waals surface area contributed by atoms with Crippen LogP contribution in [0.4, 0.5) is 5.69 Å². The van der Waals surface area contributed by atoms with Crippen LogP contribution in [-0.4, -0.2) is 14.8 Å². The third kappa shape index (κ3) is 3.56. The van der Waals surface area contributed by atoms with E-state index in [0.717, 1.165) is 17.9 Å². The largest absolute Gasteiger partial charge is 0.377 e. The molecule has 104 valence electrons. The molecule has 5 heteroatoms. The molecule has 0 spiro atoms. The summed E-state index contributed by atoms with van der Waals surface area (Å²) < 4.78 is 1.95. The van der Waals surface area contributed by atoms with Gasteiger partial charge < -0.3 is 5.32 Å². The van der Waals surface area contributed by atoms with Gasteiger partial charge in [-0.05, 0) is 13.8 Å². The monoisotopic (exact) mass is 278 g/mol. The molecule has 0 aromatic carbocycles. The summed E-state index contributed by atoms with van der Waals surface area (Å²) in [4.78, 5) is 4.67. The minimum atomic E-state index is 0.130. The lowest BCUT2D eigenvalue weighted by Crippen LogP contribution is -2.11. The van der Waals surface area contributed by atoms with Crippen LogP contribution >= 0.6 is 11.3 Å². The summed E-state index contributed by atoms with van der Waals surface area (Å²) in [5, 5.41) is 11.0. The summed E-state index contributed by atoms with van der Waals surface area (Å²) in [6, 6.07) is 0.391. The molecular weight excluding hydrogens is 256 g/mol. The molecule has 2 aromatic heterocycles. The van der Waals surface area contributed by atoms with Crippen molar-refractivity contribution >= 4 is 17.0 Å². The van der Waals surface area contributed by atoms with Crippen molar-refractivity contribution < 1.29 is 0 Å². The first-order valence-corrected chi connectivity index (χ1v) is 7.47. The second-order valence-electron chi connectivity index (χ2n) is 6.05. The Hall–Kier alpha value is -1.36. The van der Waals surface area contributed by atoms with E-state index in [9.17, 15) is 0 Å². The van der Waals surface area contributed by atoms with Crippen molar-refractivity contribution in [3.63, 3.8) is 0 Å². The Bertz CT molecular complexity index is 534. The molecule has 0 amide bonds. The molecule has 0 aliphatic rings. The highest BCUT2D eigenvalue weighted by Crippen LogP contribution is 2.25. The van der Waals surface area contributed by atoms with E-state index in [1.54, 1.807) is 11.3 Å². The molecule has 2 rings (SSSR count). The van der Waals surface area contributed by atoms with Crippen LogP contribution in [0.2, 0.25) is 0 Å². The van der Waals surface area contributed by atoms with E-state index in [1.807, 2.05) is 17.1 Å². The molecule has 19 heavy (non-hydrogen) atoms. The van der Waals surface area contributed by atoms with Gasteiger partial charge in [0.1, 0.15) is 0 Å². The van der Waals surface area contributed by atoms with E-state index < -0.39 is 0 Å². The van der Waals surface area contributed by atoms with E-state index in [-0.39, 0.29) is 5.41 Å². The molecule has 2 heterocycles. The Morgan fingerprint density at radius 2 is 2.11 bits per heavy atom. The number of hydrogen-bond acceptors (Lipinski definition) is 4. The Kier molecular flexibility index (Phi) is 3.94. The van der Waals surface area contributed by atoms with E-state index in [2.05, 4.69) is 55.4 Å². The Labute approximate surface area is 118 Å². The van der Waals surface area contributed by atoms with Gasteiger partial charge in [-0.1, -0.05) is 20.8 Å². The maximum Gasteiger partial charge on any atom is 0.0982 e. The van der Waals surface area contributed by atoms with Crippen molar-refractivity contribution in [2.75, 3.05) is 5.32 Å². The average Bonchev–Trinajstić information content (AvgIpc) is 2.95. The molecule has 1 N–H and O–H groups in total. The number of rotatable bonds is 4. The number of aromatic nitrogens is 3. The normalized spacial score (nSPS) is 12.1. The molecule has 0 saturated carbocycles. The smallest absolute Gasteiger partial charge is 0.0982 e. The van der Waals surface area contributed by atoms with Gasteiger partial charge in [0.25, 0.3) is 0 Å². The number of thiazole rings is 1. The van der Waals surface area contributed by atoms with Crippen molar-refractivity contribution in [2.45, 2.75) is 52.6 Å². The van der Waals surface area contributed by atoms with Gasteiger partial charge in [-0.2, -0.15) is 5.10 Å². The van der Waals surface area contributed by atoms with Crippen LogP contribution in [0.1, 0.15) is 51.4 Å². The summed E-state index contributed by atoms with van der Waals surface area (Å²) in [6.45, 7) is 11.6. The van der Waals surface area contributed by atoms with Crippen LogP contribution in [-0.2, 0) is 12.0 Å². The van der Waals surface area contributed by atoms with Gasteiger partial charge in [-0.15, -0.1) is 11.3 Å². The van der Waals surface area contributed by atoms with Gasteiger partial charge in [0.05, 0.1) is 29.1 Å². The summed E-state index contributed by atoms with van der Waals surface area (Å²) in [6.07, 6.45) is 3.89. The number of hydrogen-bond donors (Lipinski definition) is 1. The third-order valence-corrected chi connectivity index (χ3v) is 4.11. The van der Waals surface area contributed by atoms with Gasteiger partial charge in [0.15, 0.2) is 0 Å². The summed E-state index contributed by atoms with van der Waals surface area (Å²) in [7, 11) is 0. The summed E-state index contributed by atoms with van der Waals surface area (Å²) >= 11 is 1.73. The minimum absolute atomic E-state index is 0.130. The highest BCUT2D eigenvalue weighted by Gasteiger charge is 2.17. The van der Waals surface area contributed by atoms with E-state index in [4.69, 9.17) is 0 Å². The first-order chi connectivity index (χ1) is 8.86. The highest BCUT2D eigenvalue weighted by atomic mass is 32.1. The summed E-state index contributed by atoms with van der Waals surface area (Å²) in [5.74, 6) is 0. The van der Waals surface area contributed by atoms with Crippen LogP contribution in [0.15, 0.2) is 17.8 Å². The van der Waals surface area contributed by atoms with Gasteiger partial charge in [-0.3, -0.25) is 4.68 Å². The lowest BCUT2D eigenvalue weighted by Gasteiger charge is -2.13. The van der Waals surface area contributed by atoms with Crippen molar-refractivity contribution in [1.82, 2.24) is 14.8 Å². The van der Waals surface area contributed by atoms with Gasteiger partial charge in [0.2, 0.25) is 0 Å². The molecule has 0 aliphatic carbocycles. The predicted molar refractivity (Wildman–Crippen MR) is 80.8 cm³/mol. The van der Waals surface area contributed by atoms with Crippen LogP contribution in [0.5, 0.6) is 0 Å². The zero-order valence-corrected chi connectivity index (χ0v) is 13.1. The average molecular weight is 278 g/mol. The lowest BCUT2D eigenvalue weighted by atomic mass is 9.98. The SMILES string of the molecule is CC(C)n1cc(NCc2csc(C(C)(C)C)n2)cn1. The van der Waals surface area contributed by atoms with Crippen molar-refractivity contribution in [1.29, 1.82) is 0 Å². The Balaban J connectivity index is 1.96. The Morgan fingerprint density at radius 1 is 1.37 bits per heavy atom. The predicted octanol–water partition coefficient (Wildman–Crippen LogP) is 3.83. The van der Waals surface area contributed by atoms with Gasteiger partial charge in [0, 0.05) is 23.0 Å². The molecule has 0 unspecified atom stereocenters. The molecule has 2 aromatic rings. The van der Waals surface area contributed by atoms with Crippen molar-refractivity contribution in [3.05, 3.63) is 28.5 Å². The molecule has 0 bridgehead atoms. The molecular formula is C14H22N4S. The zero-order chi connectivity index (χ0) is 14.0. The maximum absolute atomic E-state index is 4.67. The molecule has 0 atom stereocenters. The molecule has 0 radical (unpaired) electrons. The van der Waals surface area contributed by atoms with Crippen molar-refractivity contribution in [2.24, 2.45) is 0 Å². The van der Waals surface area contributed by atoms with Crippen LogP contribution in [0.25, 0.3) is 0 Å². The first kappa shape index (κ1) is 14.1. The third-order valence-electron chi connectivity index (χ3n) is 2.80. The van der Waals surface area contributed by atoms with E-state index >= 15 is 0 Å². The lowest BCUT2D eigenvalue weighted by molar-refractivity contribution is 0.532. The van der Waals surface area contributed by atoms with Gasteiger partial charge >= 0.3 is 0 Å². The molecule has 0 fully saturated rings. The van der Waals surface area contributed by atoms with Crippen LogP contribution < -0.4 is 5.32 Å². The number of anilines is 1. The maximum atomic E-state index is 4.67. The quantitative estimate of drug-likeness (QED) is 0.924. The fourth-order valence-corrected chi connectivity index (χ4v) is 2.54. The topological polar surface area (TPSA) is 42.7 Å². The fourth-order valence-electron chi connectivity index (χ4n) is 1.64. The molecule has 4 nitrogen and oxygen atoms in total. The van der Waals surface area contributed by atoms with Crippen LogP contribution in [0.3, 0.4) is 0 Å². The Morgan fingerprint density at radius 3 is 2.63 bits per heavy atom. The van der Waals surface area contributed by atoms with Crippen molar-refractivity contribution in [3.8, 4) is 0 Å². The highest BCUT2D eigenvalue weighted by molar-refractivity contribution is 7.09.